The number of nitrogens with zero attached hydrogens (tertiary/aromatic N) is 2. The Hall–Kier alpha value is -1.43. The molecule has 1 unspecified atom stereocenters. The van der Waals surface area contributed by atoms with Gasteiger partial charge in [0.2, 0.25) is 10.0 Å². The van der Waals surface area contributed by atoms with E-state index in [4.69, 9.17) is 10.4 Å². The first kappa shape index (κ1) is 16.6. The maximum atomic E-state index is 12.4. The monoisotopic (exact) mass is 360 g/mol. The molecule has 8 heteroatoms. The zero-order chi connectivity index (χ0) is 15.5. The molecule has 20 heavy (non-hydrogen) atoms. The highest BCUT2D eigenvalue weighted by atomic mass is 79.9. The van der Waals surface area contributed by atoms with Gasteiger partial charge in [0.1, 0.15) is 0 Å². The van der Waals surface area contributed by atoms with Crippen LogP contribution in [-0.2, 0) is 10.0 Å². The van der Waals surface area contributed by atoms with Gasteiger partial charge in [0.15, 0.2) is 0 Å². The minimum Gasteiger partial charge on any atom is -0.478 e. The number of rotatable bonds is 5. The molecule has 1 aromatic rings. The number of hydrogen-bond donors (Lipinski definition) is 1. The average molecular weight is 361 g/mol. The van der Waals surface area contributed by atoms with Crippen molar-refractivity contribution in [3.8, 4) is 6.07 Å². The van der Waals surface area contributed by atoms with Crippen molar-refractivity contribution in [2.24, 2.45) is 5.92 Å². The SMILES string of the molecule is CC(C#N)CN(C)S(=O)(=O)c1cc(C(=O)O)ccc1Br. The predicted molar refractivity (Wildman–Crippen MR) is 75.7 cm³/mol. The van der Waals surface area contributed by atoms with Crippen LogP contribution in [0, 0.1) is 17.2 Å². The van der Waals surface area contributed by atoms with Gasteiger partial charge in [-0.25, -0.2) is 13.2 Å². The van der Waals surface area contributed by atoms with E-state index in [2.05, 4.69) is 15.9 Å². The molecular formula is C12H13BrN2O4S. The van der Waals surface area contributed by atoms with Gasteiger partial charge in [0.05, 0.1) is 22.4 Å². The lowest BCUT2D eigenvalue weighted by atomic mass is 10.2. The number of halogens is 1. The Labute approximate surface area is 125 Å². The first-order chi connectivity index (χ1) is 9.20. The Morgan fingerprint density at radius 3 is 2.65 bits per heavy atom. The highest BCUT2D eigenvalue weighted by molar-refractivity contribution is 9.10. The minimum absolute atomic E-state index is 0.0303. The Kier molecular flexibility index (Phi) is 5.28. The number of carbonyl (C=O) groups is 1. The average Bonchev–Trinajstić information content (AvgIpc) is 2.38. The zero-order valence-corrected chi connectivity index (χ0v) is 13.3. The lowest BCUT2D eigenvalue weighted by Gasteiger charge is -2.19. The fraction of sp³-hybridized carbons (Fsp3) is 0.333. The van der Waals surface area contributed by atoms with Gasteiger partial charge in [-0.1, -0.05) is 0 Å². The van der Waals surface area contributed by atoms with Crippen molar-refractivity contribution in [1.29, 1.82) is 5.26 Å². The first-order valence-corrected chi connectivity index (χ1v) is 7.82. The van der Waals surface area contributed by atoms with Gasteiger partial charge in [-0.15, -0.1) is 0 Å². The summed E-state index contributed by atoms with van der Waals surface area (Å²) in [6.45, 7) is 1.64. The van der Waals surface area contributed by atoms with E-state index in [9.17, 15) is 13.2 Å². The van der Waals surface area contributed by atoms with Gasteiger partial charge in [0, 0.05) is 18.1 Å². The van der Waals surface area contributed by atoms with Crippen LogP contribution in [0.5, 0.6) is 0 Å². The molecule has 0 fully saturated rings. The third kappa shape index (κ3) is 3.56. The second kappa shape index (κ2) is 6.35. The number of carboxylic acid groups (broad SMARTS) is 1. The molecule has 0 aromatic heterocycles. The maximum absolute atomic E-state index is 12.4. The van der Waals surface area contributed by atoms with Crippen LogP contribution in [0.25, 0.3) is 0 Å². The molecule has 0 spiro atoms. The molecule has 0 aliphatic heterocycles. The molecule has 1 rings (SSSR count). The summed E-state index contributed by atoms with van der Waals surface area (Å²) in [6, 6.07) is 5.73. The predicted octanol–water partition coefficient (Wildman–Crippen LogP) is 1.93. The summed E-state index contributed by atoms with van der Waals surface area (Å²) in [6.07, 6.45) is 0. The van der Waals surface area contributed by atoms with Crippen LogP contribution in [0.15, 0.2) is 27.6 Å². The van der Waals surface area contributed by atoms with Crippen molar-refractivity contribution in [3.63, 3.8) is 0 Å². The number of hydrogen-bond acceptors (Lipinski definition) is 4. The van der Waals surface area contributed by atoms with E-state index < -0.39 is 21.9 Å². The van der Waals surface area contributed by atoms with Crippen molar-refractivity contribution in [1.82, 2.24) is 4.31 Å². The lowest BCUT2D eigenvalue weighted by Crippen LogP contribution is -2.31. The summed E-state index contributed by atoms with van der Waals surface area (Å²) in [5.41, 5.74) is -0.117. The zero-order valence-electron chi connectivity index (χ0n) is 10.9. The standard InChI is InChI=1S/C12H13BrN2O4S/c1-8(6-14)7-15(2)20(18,19)11-5-9(12(16)17)3-4-10(11)13/h3-5,8H,7H2,1-2H3,(H,16,17). The van der Waals surface area contributed by atoms with Crippen molar-refractivity contribution in [2.45, 2.75) is 11.8 Å². The molecule has 1 N–H and O–H groups in total. The van der Waals surface area contributed by atoms with Crippen LogP contribution in [0.2, 0.25) is 0 Å². The molecule has 0 amide bonds. The summed E-state index contributed by atoms with van der Waals surface area (Å²) in [5, 5.41) is 17.7. The number of aromatic carboxylic acids is 1. The van der Waals surface area contributed by atoms with E-state index in [1.807, 2.05) is 6.07 Å². The van der Waals surface area contributed by atoms with E-state index in [0.717, 1.165) is 10.4 Å². The third-order valence-electron chi connectivity index (χ3n) is 2.62. The Bertz CT molecular complexity index is 667. The molecule has 0 bridgehead atoms. The second-order valence-corrected chi connectivity index (χ2v) is 7.13. The van der Waals surface area contributed by atoms with E-state index in [-0.39, 0.29) is 21.5 Å². The molecule has 6 nitrogen and oxygen atoms in total. The van der Waals surface area contributed by atoms with Crippen LogP contribution < -0.4 is 0 Å². The van der Waals surface area contributed by atoms with Crippen LogP contribution >= 0.6 is 15.9 Å². The largest absolute Gasteiger partial charge is 0.478 e. The summed E-state index contributed by atoms with van der Waals surface area (Å²) in [4.78, 5) is 10.8. The van der Waals surface area contributed by atoms with Crippen LogP contribution in [0.4, 0.5) is 0 Å². The first-order valence-electron chi connectivity index (χ1n) is 5.59. The second-order valence-electron chi connectivity index (χ2n) is 4.27. The molecular weight excluding hydrogens is 348 g/mol. The Balaban J connectivity index is 3.25. The summed E-state index contributed by atoms with van der Waals surface area (Å²) >= 11 is 3.10. The van der Waals surface area contributed by atoms with Crippen molar-refractivity contribution in [2.75, 3.05) is 13.6 Å². The van der Waals surface area contributed by atoms with E-state index >= 15 is 0 Å². The summed E-state index contributed by atoms with van der Waals surface area (Å²) in [7, 11) is -2.51. The van der Waals surface area contributed by atoms with Gasteiger partial charge in [-0.05, 0) is 41.1 Å². The van der Waals surface area contributed by atoms with Gasteiger partial charge < -0.3 is 5.11 Å². The normalized spacial score (nSPS) is 12.9. The Morgan fingerprint density at radius 2 is 2.15 bits per heavy atom. The quantitative estimate of drug-likeness (QED) is 0.864. The lowest BCUT2D eigenvalue weighted by molar-refractivity contribution is 0.0696. The van der Waals surface area contributed by atoms with Crippen LogP contribution in [0.3, 0.4) is 0 Å². The van der Waals surface area contributed by atoms with Gasteiger partial charge in [0.25, 0.3) is 0 Å². The fourth-order valence-corrected chi connectivity index (χ4v) is 3.73. The van der Waals surface area contributed by atoms with E-state index in [0.29, 0.717) is 0 Å². The van der Waals surface area contributed by atoms with Crippen molar-refractivity contribution >= 4 is 31.9 Å². The van der Waals surface area contributed by atoms with Gasteiger partial charge in [-0.2, -0.15) is 9.57 Å². The topological polar surface area (TPSA) is 98.5 Å². The van der Waals surface area contributed by atoms with Gasteiger partial charge in [-0.3, -0.25) is 0 Å². The molecule has 0 heterocycles. The molecule has 0 aliphatic rings. The molecule has 108 valence electrons. The van der Waals surface area contributed by atoms with Crippen LogP contribution in [-0.4, -0.2) is 37.4 Å². The summed E-state index contributed by atoms with van der Waals surface area (Å²) < 4.78 is 26.1. The smallest absolute Gasteiger partial charge is 0.335 e. The highest BCUT2D eigenvalue weighted by Crippen LogP contribution is 2.26. The molecule has 1 aromatic carbocycles. The number of carboxylic acids is 1. The molecule has 0 aliphatic carbocycles. The molecule has 1 atom stereocenters. The summed E-state index contributed by atoms with van der Waals surface area (Å²) in [5.74, 6) is -1.67. The van der Waals surface area contributed by atoms with Gasteiger partial charge >= 0.3 is 5.97 Å². The third-order valence-corrected chi connectivity index (χ3v) is 5.43. The fourth-order valence-electron chi connectivity index (χ4n) is 1.53. The maximum Gasteiger partial charge on any atom is 0.335 e. The number of sulfonamides is 1. The molecule has 0 radical (unpaired) electrons. The minimum atomic E-state index is -3.86. The Morgan fingerprint density at radius 1 is 1.55 bits per heavy atom. The van der Waals surface area contributed by atoms with Crippen molar-refractivity contribution in [3.05, 3.63) is 28.2 Å². The molecule has 0 saturated carbocycles. The number of benzene rings is 1. The highest BCUT2D eigenvalue weighted by Gasteiger charge is 2.25. The number of nitriles is 1. The molecule has 0 saturated heterocycles. The van der Waals surface area contributed by atoms with Crippen molar-refractivity contribution < 1.29 is 18.3 Å². The van der Waals surface area contributed by atoms with E-state index in [1.165, 1.54) is 19.2 Å². The van der Waals surface area contributed by atoms with E-state index in [1.54, 1.807) is 6.92 Å². The van der Waals surface area contributed by atoms with Crippen LogP contribution in [0.1, 0.15) is 17.3 Å².